The van der Waals surface area contributed by atoms with Crippen molar-refractivity contribution in [3.05, 3.63) is 47.3 Å². The van der Waals surface area contributed by atoms with Gasteiger partial charge in [-0.15, -0.1) is 0 Å². The fourth-order valence-corrected chi connectivity index (χ4v) is 1.78. The molecule has 90 valence electrons. The Morgan fingerprint density at radius 3 is 2.39 bits per heavy atom. The zero-order chi connectivity index (χ0) is 13.3. The van der Waals surface area contributed by atoms with Gasteiger partial charge in [0.2, 0.25) is 0 Å². The number of imide groups is 1. The average Bonchev–Trinajstić information content (AvgIpc) is 2.36. The van der Waals surface area contributed by atoms with Crippen molar-refractivity contribution < 1.29 is 9.59 Å². The topological polar surface area (TPSA) is 64.4 Å². The first kappa shape index (κ1) is 11.9. The maximum Gasteiger partial charge on any atom is 0.280 e. The van der Waals surface area contributed by atoms with E-state index >= 15 is 0 Å². The Hall–Kier alpha value is -2.61. The van der Waals surface area contributed by atoms with Gasteiger partial charge in [0, 0.05) is 19.7 Å². The molecule has 0 spiro atoms. The molecule has 0 aromatic heterocycles. The molecule has 0 saturated heterocycles. The molecular formula is C13H11N3O2. The van der Waals surface area contributed by atoms with Crippen LogP contribution in [0.2, 0.25) is 0 Å². The molecular weight excluding hydrogens is 230 g/mol. The van der Waals surface area contributed by atoms with E-state index in [1.165, 1.54) is 0 Å². The predicted octanol–water partition coefficient (Wildman–Crippen LogP) is 0.966. The zero-order valence-electron chi connectivity index (χ0n) is 10.0. The van der Waals surface area contributed by atoms with Gasteiger partial charge in [0.15, 0.2) is 5.57 Å². The van der Waals surface area contributed by atoms with Gasteiger partial charge < -0.3 is 4.90 Å². The van der Waals surface area contributed by atoms with E-state index in [1.54, 1.807) is 49.3 Å². The van der Waals surface area contributed by atoms with E-state index < -0.39 is 11.8 Å². The Labute approximate surface area is 105 Å². The lowest BCUT2D eigenvalue weighted by atomic mass is 10.1. The second-order valence-corrected chi connectivity index (χ2v) is 4.02. The fraction of sp³-hybridized carbons (Fsp3) is 0.154. The van der Waals surface area contributed by atoms with E-state index in [2.05, 4.69) is 0 Å². The van der Waals surface area contributed by atoms with Crippen LogP contribution in [0, 0.1) is 11.3 Å². The highest BCUT2D eigenvalue weighted by Gasteiger charge is 2.42. The van der Waals surface area contributed by atoms with Crippen molar-refractivity contribution >= 4 is 11.8 Å². The SMILES string of the molecule is CN(C)C1=C(C#N)C(=O)N1C(=O)c1ccccc1. The fourth-order valence-electron chi connectivity index (χ4n) is 1.78. The molecule has 2 amide bonds. The van der Waals surface area contributed by atoms with Crippen molar-refractivity contribution in [2.75, 3.05) is 14.1 Å². The summed E-state index contributed by atoms with van der Waals surface area (Å²) in [4.78, 5) is 26.5. The van der Waals surface area contributed by atoms with Gasteiger partial charge in [-0.2, -0.15) is 5.26 Å². The summed E-state index contributed by atoms with van der Waals surface area (Å²) >= 11 is 0. The van der Waals surface area contributed by atoms with Crippen LogP contribution >= 0.6 is 0 Å². The molecule has 1 aromatic carbocycles. The van der Waals surface area contributed by atoms with Gasteiger partial charge in [0.1, 0.15) is 11.9 Å². The van der Waals surface area contributed by atoms with E-state index in [0.717, 1.165) is 4.90 Å². The lowest BCUT2D eigenvalue weighted by molar-refractivity contribution is -0.127. The Kier molecular flexibility index (Phi) is 2.86. The van der Waals surface area contributed by atoms with E-state index in [9.17, 15) is 9.59 Å². The smallest absolute Gasteiger partial charge is 0.280 e. The molecule has 0 bridgehead atoms. The molecule has 0 fully saturated rings. The second-order valence-electron chi connectivity index (χ2n) is 4.02. The standard InChI is InChI=1S/C13H11N3O2/c1-15(2)11-10(8-14)13(18)16(11)12(17)9-6-4-3-5-7-9/h3-7H,1-2H3. The maximum atomic E-state index is 12.1. The summed E-state index contributed by atoms with van der Waals surface area (Å²) in [7, 11) is 3.37. The van der Waals surface area contributed by atoms with Crippen LogP contribution < -0.4 is 0 Å². The third-order valence-corrected chi connectivity index (χ3v) is 2.61. The number of carbonyl (C=O) groups is 2. The minimum atomic E-state index is -0.546. The highest BCUT2D eigenvalue weighted by atomic mass is 16.2. The third kappa shape index (κ3) is 1.64. The molecule has 1 aromatic rings. The van der Waals surface area contributed by atoms with E-state index in [4.69, 9.17) is 5.26 Å². The monoisotopic (exact) mass is 241 g/mol. The van der Waals surface area contributed by atoms with Gasteiger partial charge >= 0.3 is 0 Å². The van der Waals surface area contributed by atoms with Gasteiger partial charge in [-0.05, 0) is 12.1 Å². The number of amides is 2. The third-order valence-electron chi connectivity index (χ3n) is 2.61. The molecule has 1 aliphatic rings. The summed E-state index contributed by atoms with van der Waals surface area (Å²) in [5.41, 5.74) is 0.437. The number of hydrogen-bond donors (Lipinski definition) is 0. The Morgan fingerprint density at radius 2 is 1.89 bits per heavy atom. The summed E-state index contributed by atoms with van der Waals surface area (Å²) in [5, 5.41) is 8.85. The van der Waals surface area contributed by atoms with Gasteiger partial charge in [-0.25, -0.2) is 4.90 Å². The van der Waals surface area contributed by atoms with Gasteiger partial charge in [-0.1, -0.05) is 18.2 Å². The van der Waals surface area contributed by atoms with Crippen LogP contribution in [0.1, 0.15) is 10.4 Å². The van der Waals surface area contributed by atoms with Crippen molar-refractivity contribution in [2.45, 2.75) is 0 Å². The average molecular weight is 241 g/mol. The number of benzene rings is 1. The largest absolute Gasteiger partial charge is 0.362 e. The zero-order valence-corrected chi connectivity index (χ0v) is 10.0. The molecule has 0 N–H and O–H groups in total. The van der Waals surface area contributed by atoms with E-state index in [1.807, 2.05) is 6.07 Å². The normalized spacial score (nSPS) is 14.1. The summed E-state index contributed by atoms with van der Waals surface area (Å²) in [6.45, 7) is 0. The first-order valence-electron chi connectivity index (χ1n) is 5.33. The molecule has 0 radical (unpaired) electrons. The summed E-state index contributed by atoms with van der Waals surface area (Å²) in [5.74, 6) is -0.616. The van der Waals surface area contributed by atoms with Gasteiger partial charge in [0.05, 0.1) is 0 Å². The summed E-state index contributed by atoms with van der Waals surface area (Å²) < 4.78 is 0. The molecule has 0 unspecified atom stereocenters. The number of nitrogens with zero attached hydrogens (tertiary/aromatic N) is 3. The second kappa shape index (κ2) is 4.34. The number of carbonyl (C=O) groups excluding carboxylic acids is 2. The Morgan fingerprint density at radius 1 is 1.28 bits per heavy atom. The quantitative estimate of drug-likeness (QED) is 0.723. The van der Waals surface area contributed by atoms with Crippen LogP contribution in [0.15, 0.2) is 41.7 Å². The first-order valence-corrected chi connectivity index (χ1v) is 5.33. The molecule has 18 heavy (non-hydrogen) atoms. The summed E-state index contributed by atoms with van der Waals surface area (Å²) in [6, 6.07) is 10.3. The predicted molar refractivity (Wildman–Crippen MR) is 63.9 cm³/mol. The molecule has 1 aliphatic heterocycles. The first-order chi connectivity index (χ1) is 8.57. The molecule has 2 rings (SSSR count). The van der Waals surface area contributed by atoms with Crippen LogP contribution in [0.25, 0.3) is 0 Å². The lowest BCUT2D eigenvalue weighted by Crippen LogP contribution is -2.50. The van der Waals surface area contributed by atoms with Crippen molar-refractivity contribution in [1.29, 1.82) is 5.26 Å². The Bertz CT molecular complexity index is 582. The van der Waals surface area contributed by atoms with Crippen LogP contribution in [0.5, 0.6) is 0 Å². The number of hydrogen-bond acceptors (Lipinski definition) is 4. The molecule has 1 heterocycles. The molecule has 0 saturated carbocycles. The van der Waals surface area contributed by atoms with Gasteiger partial charge in [0.25, 0.3) is 11.8 Å². The Balaban J connectivity index is 2.38. The maximum absolute atomic E-state index is 12.1. The minimum absolute atomic E-state index is 0.0179. The van der Waals surface area contributed by atoms with E-state index in [0.29, 0.717) is 11.4 Å². The molecule has 0 aliphatic carbocycles. The molecule has 5 nitrogen and oxygen atoms in total. The van der Waals surface area contributed by atoms with Crippen LogP contribution in [0.3, 0.4) is 0 Å². The van der Waals surface area contributed by atoms with Crippen molar-refractivity contribution in [1.82, 2.24) is 9.80 Å². The van der Waals surface area contributed by atoms with Crippen LogP contribution in [0.4, 0.5) is 0 Å². The van der Waals surface area contributed by atoms with Crippen molar-refractivity contribution in [3.8, 4) is 6.07 Å². The van der Waals surface area contributed by atoms with Crippen molar-refractivity contribution in [3.63, 3.8) is 0 Å². The summed E-state index contributed by atoms with van der Waals surface area (Å²) in [6.07, 6.45) is 0. The molecule has 0 atom stereocenters. The van der Waals surface area contributed by atoms with Crippen LogP contribution in [-0.2, 0) is 4.79 Å². The van der Waals surface area contributed by atoms with E-state index in [-0.39, 0.29) is 5.57 Å². The van der Waals surface area contributed by atoms with Crippen LogP contribution in [-0.4, -0.2) is 35.7 Å². The highest BCUT2D eigenvalue weighted by Crippen LogP contribution is 2.28. The van der Waals surface area contributed by atoms with Crippen molar-refractivity contribution in [2.24, 2.45) is 0 Å². The minimum Gasteiger partial charge on any atom is -0.362 e. The lowest BCUT2D eigenvalue weighted by Gasteiger charge is -2.35. The number of rotatable bonds is 2. The molecule has 5 heteroatoms. The number of nitriles is 1. The van der Waals surface area contributed by atoms with Gasteiger partial charge in [-0.3, -0.25) is 9.59 Å². The highest BCUT2D eigenvalue weighted by molar-refractivity contribution is 6.18.